The molecule has 0 aliphatic heterocycles. The van der Waals surface area contributed by atoms with Crippen LogP contribution >= 0.6 is 0 Å². The van der Waals surface area contributed by atoms with E-state index in [1.54, 1.807) is 0 Å². The normalized spacial score (nSPS) is 11.9. The third-order valence-electron chi connectivity index (χ3n) is 8.06. The van der Waals surface area contributed by atoms with Crippen molar-refractivity contribution in [3.63, 3.8) is 0 Å². The highest BCUT2D eigenvalue weighted by Gasteiger charge is 2.19. The van der Waals surface area contributed by atoms with Crippen LogP contribution in [0.1, 0.15) is 0 Å². The second kappa shape index (κ2) is 8.44. The molecule has 4 nitrogen and oxygen atoms in total. The van der Waals surface area contributed by atoms with E-state index in [0.717, 1.165) is 33.2 Å². The highest BCUT2D eigenvalue weighted by molar-refractivity contribution is 6.36. The summed E-state index contributed by atoms with van der Waals surface area (Å²) in [5.41, 5.74) is 4.73. The lowest BCUT2D eigenvalue weighted by Gasteiger charge is -2.12. The monoisotopic (exact) mass is 523 g/mol. The van der Waals surface area contributed by atoms with E-state index < -0.39 is 0 Å². The zero-order valence-corrected chi connectivity index (χ0v) is 21.9. The van der Waals surface area contributed by atoms with Crippen LogP contribution in [0.15, 0.2) is 132 Å². The standard InChI is InChI=1S/C37H21N3O/c1-3-9-22(10-4-1)35-38-36(23-11-5-2-6-12-23)40-37(39-35)25-18-19-26-24(21-25)17-20-28-27-13-7-15-30-33(27)34-29(32(26)28)14-8-16-31(34)41-30/h1-21H. The summed E-state index contributed by atoms with van der Waals surface area (Å²) in [4.78, 5) is 14.7. The molecule has 9 rings (SSSR count). The Labute approximate surface area is 234 Å². The Balaban J connectivity index is 1.30. The van der Waals surface area contributed by atoms with Crippen LogP contribution in [-0.4, -0.2) is 15.0 Å². The molecule has 4 heteroatoms. The van der Waals surface area contributed by atoms with Gasteiger partial charge in [0.25, 0.3) is 0 Å². The predicted molar refractivity (Wildman–Crippen MR) is 167 cm³/mol. The summed E-state index contributed by atoms with van der Waals surface area (Å²) in [6, 6.07) is 43.8. The van der Waals surface area contributed by atoms with Crippen LogP contribution in [0.2, 0.25) is 0 Å². The predicted octanol–water partition coefficient (Wildman–Crippen LogP) is 9.67. The molecule has 0 aliphatic rings. The van der Waals surface area contributed by atoms with Crippen molar-refractivity contribution in [2.45, 2.75) is 0 Å². The van der Waals surface area contributed by atoms with Gasteiger partial charge in [0.15, 0.2) is 17.5 Å². The molecule has 0 spiro atoms. The smallest absolute Gasteiger partial charge is 0.164 e. The first-order chi connectivity index (χ1) is 20.3. The Bertz CT molecular complexity index is 2350. The maximum absolute atomic E-state index is 6.25. The molecule has 0 radical (unpaired) electrons. The van der Waals surface area contributed by atoms with Crippen LogP contribution in [0, 0.1) is 0 Å². The molecule has 41 heavy (non-hydrogen) atoms. The molecule has 0 amide bonds. The molecule has 2 aromatic heterocycles. The lowest BCUT2D eigenvalue weighted by atomic mass is 9.91. The van der Waals surface area contributed by atoms with Gasteiger partial charge in [0, 0.05) is 27.5 Å². The third kappa shape index (κ3) is 3.31. The summed E-state index contributed by atoms with van der Waals surface area (Å²) in [5, 5.41) is 9.64. The number of benzene rings is 7. The quantitative estimate of drug-likeness (QED) is 0.216. The Morgan fingerprint density at radius 2 is 0.902 bits per heavy atom. The van der Waals surface area contributed by atoms with E-state index in [4.69, 9.17) is 19.4 Å². The van der Waals surface area contributed by atoms with Gasteiger partial charge in [-0.25, -0.2) is 15.0 Å². The maximum atomic E-state index is 6.25. The number of furan rings is 1. The van der Waals surface area contributed by atoms with Crippen molar-refractivity contribution in [1.29, 1.82) is 0 Å². The topological polar surface area (TPSA) is 51.8 Å². The molecule has 2 heterocycles. The molecule has 0 bridgehead atoms. The average Bonchev–Trinajstić information content (AvgIpc) is 3.44. The van der Waals surface area contributed by atoms with Gasteiger partial charge in [0.1, 0.15) is 11.2 Å². The first kappa shape index (κ1) is 22.2. The lowest BCUT2D eigenvalue weighted by molar-refractivity contribution is 0.669. The van der Waals surface area contributed by atoms with Gasteiger partial charge in [0.2, 0.25) is 0 Å². The van der Waals surface area contributed by atoms with Crippen molar-refractivity contribution in [3.8, 4) is 34.2 Å². The van der Waals surface area contributed by atoms with E-state index >= 15 is 0 Å². The van der Waals surface area contributed by atoms with Gasteiger partial charge in [-0.2, -0.15) is 0 Å². The first-order valence-electron chi connectivity index (χ1n) is 13.7. The molecule has 0 saturated heterocycles. The number of rotatable bonds is 3. The fourth-order valence-corrected chi connectivity index (χ4v) is 6.22. The number of fused-ring (bicyclic) bond motifs is 5. The van der Waals surface area contributed by atoms with Crippen LogP contribution in [-0.2, 0) is 0 Å². The van der Waals surface area contributed by atoms with Crippen LogP contribution in [0.4, 0.5) is 0 Å². The third-order valence-corrected chi connectivity index (χ3v) is 8.06. The summed E-state index contributed by atoms with van der Waals surface area (Å²) < 4.78 is 6.25. The molecule has 0 fully saturated rings. The van der Waals surface area contributed by atoms with Gasteiger partial charge in [-0.1, -0.05) is 109 Å². The van der Waals surface area contributed by atoms with E-state index in [-0.39, 0.29) is 0 Å². The minimum Gasteiger partial charge on any atom is -0.456 e. The van der Waals surface area contributed by atoms with E-state index in [9.17, 15) is 0 Å². The Kier molecular flexibility index (Phi) is 4.58. The number of hydrogen-bond donors (Lipinski definition) is 0. The molecule has 0 atom stereocenters. The molecule has 0 saturated carbocycles. The SMILES string of the molecule is c1ccc(-c2nc(-c3ccccc3)nc(-c3ccc4c(ccc5c6cccc7oc8cccc(c45)c8c76)c3)n2)cc1. The van der Waals surface area contributed by atoms with E-state index in [1.807, 2.05) is 60.7 Å². The number of nitrogens with zero attached hydrogens (tertiary/aromatic N) is 3. The van der Waals surface area contributed by atoms with Gasteiger partial charge in [0.05, 0.1) is 0 Å². The van der Waals surface area contributed by atoms with Crippen LogP contribution < -0.4 is 0 Å². The molecular formula is C37H21N3O. The zero-order valence-electron chi connectivity index (χ0n) is 21.9. The summed E-state index contributed by atoms with van der Waals surface area (Å²) in [6.07, 6.45) is 0. The van der Waals surface area contributed by atoms with Crippen molar-refractivity contribution in [2.24, 2.45) is 0 Å². The highest BCUT2D eigenvalue weighted by Crippen LogP contribution is 2.44. The van der Waals surface area contributed by atoms with Crippen LogP contribution in [0.25, 0.3) is 88.4 Å². The van der Waals surface area contributed by atoms with Gasteiger partial charge in [-0.15, -0.1) is 0 Å². The number of aromatic nitrogens is 3. The summed E-state index contributed by atoms with van der Waals surface area (Å²) in [5.74, 6) is 1.97. The lowest BCUT2D eigenvalue weighted by Crippen LogP contribution is -2.00. The molecule has 0 N–H and O–H groups in total. The van der Waals surface area contributed by atoms with E-state index in [0.29, 0.717) is 17.5 Å². The average molecular weight is 524 g/mol. The van der Waals surface area contributed by atoms with E-state index in [2.05, 4.69) is 66.7 Å². The highest BCUT2D eigenvalue weighted by atomic mass is 16.3. The fourth-order valence-electron chi connectivity index (χ4n) is 6.22. The molecule has 190 valence electrons. The van der Waals surface area contributed by atoms with Crippen molar-refractivity contribution in [3.05, 3.63) is 127 Å². The Morgan fingerprint density at radius 3 is 1.56 bits per heavy atom. The molecule has 9 aromatic rings. The Hall–Kier alpha value is -5.61. The summed E-state index contributed by atoms with van der Waals surface area (Å²) in [7, 11) is 0. The zero-order chi connectivity index (χ0) is 26.9. The number of hydrogen-bond acceptors (Lipinski definition) is 4. The van der Waals surface area contributed by atoms with Gasteiger partial charge in [-0.3, -0.25) is 0 Å². The largest absolute Gasteiger partial charge is 0.456 e. The maximum Gasteiger partial charge on any atom is 0.164 e. The first-order valence-corrected chi connectivity index (χ1v) is 13.7. The fraction of sp³-hybridized carbons (Fsp3) is 0. The van der Waals surface area contributed by atoms with E-state index in [1.165, 1.54) is 37.7 Å². The van der Waals surface area contributed by atoms with Gasteiger partial charge in [-0.05, 0) is 50.5 Å². The van der Waals surface area contributed by atoms with Crippen LogP contribution in [0.5, 0.6) is 0 Å². The summed E-state index contributed by atoms with van der Waals surface area (Å²) in [6.45, 7) is 0. The minimum atomic E-state index is 0.654. The second-order valence-corrected chi connectivity index (χ2v) is 10.4. The van der Waals surface area contributed by atoms with Gasteiger partial charge < -0.3 is 4.42 Å². The Morgan fingerprint density at radius 1 is 0.366 bits per heavy atom. The molecule has 0 unspecified atom stereocenters. The van der Waals surface area contributed by atoms with Crippen molar-refractivity contribution in [1.82, 2.24) is 15.0 Å². The second-order valence-electron chi connectivity index (χ2n) is 10.4. The van der Waals surface area contributed by atoms with Crippen molar-refractivity contribution < 1.29 is 4.42 Å². The molecular weight excluding hydrogens is 502 g/mol. The van der Waals surface area contributed by atoms with Gasteiger partial charge >= 0.3 is 0 Å². The molecule has 0 aliphatic carbocycles. The minimum absolute atomic E-state index is 0.654. The summed E-state index contributed by atoms with van der Waals surface area (Å²) >= 11 is 0. The molecule has 7 aromatic carbocycles. The van der Waals surface area contributed by atoms with Crippen molar-refractivity contribution in [2.75, 3.05) is 0 Å². The van der Waals surface area contributed by atoms with Crippen LogP contribution in [0.3, 0.4) is 0 Å². The van der Waals surface area contributed by atoms with Crippen molar-refractivity contribution >= 4 is 54.3 Å².